The van der Waals surface area contributed by atoms with Crippen LogP contribution in [0.4, 0.5) is 0 Å². The van der Waals surface area contributed by atoms with Gasteiger partial charge in [-0.1, -0.05) is 34.6 Å². The molecule has 0 heterocycles. The van der Waals surface area contributed by atoms with Crippen LogP contribution in [0.1, 0.15) is 41.0 Å². The number of hydrogen-bond acceptors (Lipinski definition) is 3. The number of nitrogens with one attached hydrogen (secondary N) is 1. The van der Waals surface area contributed by atoms with Gasteiger partial charge in [0.15, 0.2) is 5.78 Å². The molecule has 16 heavy (non-hydrogen) atoms. The maximum absolute atomic E-state index is 11.1. The summed E-state index contributed by atoms with van der Waals surface area (Å²) in [6.45, 7) is 9.62. The van der Waals surface area contributed by atoms with Crippen LogP contribution >= 0.6 is 0 Å². The van der Waals surface area contributed by atoms with Gasteiger partial charge in [0.05, 0.1) is 6.04 Å². The Balaban J connectivity index is -0.000000289. The summed E-state index contributed by atoms with van der Waals surface area (Å²) < 4.78 is 4.25. The van der Waals surface area contributed by atoms with Crippen molar-refractivity contribution in [3.05, 3.63) is 0 Å². The number of carbonyl (C=O) groups is 2. The third-order valence-corrected chi connectivity index (χ3v) is 1.61. The molecule has 0 aliphatic heterocycles. The van der Waals surface area contributed by atoms with E-state index in [1.165, 1.54) is 0 Å². The van der Waals surface area contributed by atoms with Crippen LogP contribution in [0.3, 0.4) is 0 Å². The van der Waals surface area contributed by atoms with Gasteiger partial charge in [-0.05, 0) is 5.92 Å². The van der Waals surface area contributed by atoms with Crippen LogP contribution in [0.25, 0.3) is 0 Å². The van der Waals surface area contributed by atoms with Crippen molar-refractivity contribution < 1.29 is 14.3 Å². The van der Waals surface area contributed by atoms with E-state index in [0.717, 1.165) is 0 Å². The van der Waals surface area contributed by atoms with Gasteiger partial charge in [-0.15, -0.1) is 0 Å². The smallest absolute Gasteiger partial charge is 0.207 e. The van der Waals surface area contributed by atoms with Crippen LogP contribution in [0, 0.1) is 5.92 Å². The molecule has 0 saturated carbocycles. The summed E-state index contributed by atoms with van der Waals surface area (Å²) in [5.74, 6) is 0.264. The van der Waals surface area contributed by atoms with Gasteiger partial charge in [-0.2, -0.15) is 0 Å². The van der Waals surface area contributed by atoms with Crippen LogP contribution < -0.4 is 5.32 Å². The highest BCUT2D eigenvalue weighted by molar-refractivity contribution is 5.85. The van der Waals surface area contributed by atoms with Crippen molar-refractivity contribution >= 4 is 12.2 Å². The Bertz CT molecular complexity index is 158. The van der Waals surface area contributed by atoms with E-state index >= 15 is 0 Å². The minimum atomic E-state index is -0.308. The maximum Gasteiger partial charge on any atom is 0.207 e. The predicted octanol–water partition coefficient (Wildman–Crippen LogP) is 2.02. The van der Waals surface area contributed by atoms with E-state index in [4.69, 9.17) is 0 Å². The standard InChI is InChI=1S/C8H15NO2.C2H6O.C2H6/c1-4-7(11)8(6(2)3)9-5-10;1-3-2;1-2/h5-6,8H,4H2,1-3H3,(H,9,10);1-2H3;1-2H3. The minimum absolute atomic E-state index is 0.0899. The highest BCUT2D eigenvalue weighted by Gasteiger charge is 2.18. The summed E-state index contributed by atoms with van der Waals surface area (Å²) in [7, 11) is 3.25. The molecule has 0 radical (unpaired) electrons. The Morgan fingerprint density at radius 1 is 1.31 bits per heavy atom. The number of hydrogen-bond donors (Lipinski definition) is 1. The molecule has 4 heteroatoms. The summed E-state index contributed by atoms with van der Waals surface area (Å²) in [5, 5.41) is 2.50. The Kier molecular flexibility index (Phi) is 21.2. The van der Waals surface area contributed by atoms with Crippen molar-refractivity contribution in [1.82, 2.24) is 5.32 Å². The molecule has 1 unspecified atom stereocenters. The molecule has 0 aromatic rings. The van der Waals surface area contributed by atoms with Gasteiger partial charge in [0.2, 0.25) is 6.41 Å². The fourth-order valence-corrected chi connectivity index (χ4v) is 0.950. The molecule has 4 nitrogen and oxygen atoms in total. The molecular formula is C12H27NO3. The van der Waals surface area contributed by atoms with Gasteiger partial charge in [-0.25, -0.2) is 0 Å². The molecule has 0 spiro atoms. The van der Waals surface area contributed by atoms with Gasteiger partial charge < -0.3 is 10.1 Å². The Labute approximate surface area is 99.8 Å². The summed E-state index contributed by atoms with van der Waals surface area (Å²) in [6, 6.07) is -0.308. The van der Waals surface area contributed by atoms with Crippen LogP contribution in [0.2, 0.25) is 0 Å². The zero-order chi connectivity index (χ0) is 13.6. The highest BCUT2D eigenvalue weighted by Crippen LogP contribution is 2.03. The lowest BCUT2D eigenvalue weighted by Crippen LogP contribution is -2.39. The molecule has 0 aromatic carbocycles. The molecule has 0 fully saturated rings. The number of carbonyl (C=O) groups excluding carboxylic acids is 2. The van der Waals surface area contributed by atoms with Gasteiger partial charge >= 0.3 is 0 Å². The van der Waals surface area contributed by atoms with Crippen LogP contribution in [0.15, 0.2) is 0 Å². The lowest BCUT2D eigenvalue weighted by atomic mass is 9.99. The summed E-state index contributed by atoms with van der Waals surface area (Å²) in [5.41, 5.74) is 0. The van der Waals surface area contributed by atoms with E-state index in [0.29, 0.717) is 12.8 Å². The normalized spacial score (nSPS) is 10.2. The molecular weight excluding hydrogens is 206 g/mol. The fraction of sp³-hybridized carbons (Fsp3) is 0.833. The van der Waals surface area contributed by atoms with E-state index in [-0.39, 0.29) is 17.7 Å². The molecule has 0 saturated heterocycles. The zero-order valence-corrected chi connectivity index (χ0v) is 11.7. The molecule has 98 valence electrons. The highest BCUT2D eigenvalue weighted by atomic mass is 16.4. The second kappa shape index (κ2) is 16.5. The summed E-state index contributed by atoms with van der Waals surface area (Å²) in [6.07, 6.45) is 1.06. The first-order valence-electron chi connectivity index (χ1n) is 5.67. The SMILES string of the molecule is CC.CCC(=O)C(NC=O)C(C)C.COC. The lowest BCUT2D eigenvalue weighted by Gasteiger charge is -2.17. The van der Waals surface area contributed by atoms with Crippen molar-refractivity contribution in [3.63, 3.8) is 0 Å². The quantitative estimate of drug-likeness (QED) is 0.739. The van der Waals surface area contributed by atoms with Crippen LogP contribution in [-0.2, 0) is 14.3 Å². The monoisotopic (exact) mass is 233 g/mol. The number of rotatable bonds is 5. The number of ketones is 1. The number of ether oxygens (including phenoxy) is 1. The van der Waals surface area contributed by atoms with Gasteiger partial charge in [0, 0.05) is 20.6 Å². The number of amides is 1. The molecule has 0 rings (SSSR count). The number of Topliss-reactive ketones (excluding diaryl/α,β-unsaturated/α-hetero) is 1. The first kappa shape index (κ1) is 20.5. The molecule has 0 aliphatic rings. The predicted molar refractivity (Wildman–Crippen MR) is 67.4 cm³/mol. The molecule has 1 N–H and O–H groups in total. The largest absolute Gasteiger partial charge is 0.388 e. The van der Waals surface area contributed by atoms with Gasteiger partial charge in [0.25, 0.3) is 0 Å². The average Bonchev–Trinajstić information content (AvgIpc) is 2.28. The third kappa shape index (κ3) is 13.1. The first-order chi connectivity index (χ1) is 7.54. The second-order valence-corrected chi connectivity index (χ2v) is 3.23. The van der Waals surface area contributed by atoms with E-state index in [1.807, 2.05) is 27.7 Å². The second-order valence-electron chi connectivity index (χ2n) is 3.23. The summed E-state index contributed by atoms with van der Waals surface area (Å²) in [4.78, 5) is 21.2. The van der Waals surface area contributed by atoms with E-state index < -0.39 is 0 Å². The maximum atomic E-state index is 11.1. The van der Waals surface area contributed by atoms with Crippen LogP contribution in [0.5, 0.6) is 0 Å². The van der Waals surface area contributed by atoms with E-state index in [9.17, 15) is 9.59 Å². The van der Waals surface area contributed by atoms with Crippen molar-refractivity contribution in [2.45, 2.75) is 47.1 Å². The molecule has 0 aromatic heterocycles. The average molecular weight is 233 g/mol. The lowest BCUT2D eigenvalue weighted by molar-refractivity contribution is -0.124. The fourth-order valence-electron chi connectivity index (χ4n) is 0.950. The van der Waals surface area contributed by atoms with Crippen molar-refractivity contribution in [2.75, 3.05) is 14.2 Å². The zero-order valence-electron chi connectivity index (χ0n) is 11.7. The number of methoxy groups -OCH3 is 1. The van der Waals surface area contributed by atoms with Crippen LogP contribution in [-0.4, -0.2) is 32.5 Å². The van der Waals surface area contributed by atoms with Crippen molar-refractivity contribution in [2.24, 2.45) is 5.92 Å². The van der Waals surface area contributed by atoms with Gasteiger partial charge in [-0.3, -0.25) is 9.59 Å². The Morgan fingerprint density at radius 3 is 1.88 bits per heavy atom. The molecule has 1 amide bonds. The van der Waals surface area contributed by atoms with E-state index in [2.05, 4.69) is 10.1 Å². The van der Waals surface area contributed by atoms with E-state index in [1.54, 1.807) is 21.1 Å². The third-order valence-electron chi connectivity index (χ3n) is 1.61. The molecule has 1 atom stereocenters. The topological polar surface area (TPSA) is 55.4 Å². The molecule has 0 bridgehead atoms. The molecule has 0 aliphatic carbocycles. The minimum Gasteiger partial charge on any atom is -0.388 e. The first-order valence-corrected chi connectivity index (χ1v) is 5.67. The Hall–Kier alpha value is -0.900. The summed E-state index contributed by atoms with van der Waals surface area (Å²) >= 11 is 0. The van der Waals surface area contributed by atoms with Crippen molar-refractivity contribution in [1.29, 1.82) is 0 Å². The van der Waals surface area contributed by atoms with Crippen molar-refractivity contribution in [3.8, 4) is 0 Å². The van der Waals surface area contributed by atoms with Gasteiger partial charge in [0.1, 0.15) is 0 Å². The Morgan fingerprint density at radius 2 is 1.69 bits per heavy atom.